The number of rotatable bonds is 6. The second kappa shape index (κ2) is 8.86. The third kappa shape index (κ3) is 4.81. The van der Waals surface area contributed by atoms with Gasteiger partial charge in [-0.3, -0.25) is 13.9 Å². The van der Waals surface area contributed by atoms with Gasteiger partial charge in [0, 0.05) is 20.5 Å². The van der Waals surface area contributed by atoms with Gasteiger partial charge < -0.3 is 4.18 Å². The van der Waals surface area contributed by atoms with E-state index in [9.17, 15) is 31.2 Å². The van der Waals surface area contributed by atoms with Gasteiger partial charge in [0.25, 0.3) is 11.4 Å². The lowest BCUT2D eigenvalue weighted by Crippen LogP contribution is -2.38. The molecule has 164 valence electrons. The summed E-state index contributed by atoms with van der Waals surface area (Å²) in [6, 6.07) is 0. The fourth-order valence-electron chi connectivity index (χ4n) is 2.43. The van der Waals surface area contributed by atoms with Gasteiger partial charge in [-0.05, 0) is 12.3 Å². The van der Waals surface area contributed by atoms with Crippen molar-refractivity contribution in [2.24, 2.45) is 14.1 Å². The van der Waals surface area contributed by atoms with E-state index in [1.54, 1.807) is 0 Å². The molecule has 0 aliphatic heterocycles. The summed E-state index contributed by atoms with van der Waals surface area (Å²) in [5.74, 6) is 4.02. The quantitative estimate of drug-likeness (QED) is 0.285. The molecule has 0 saturated carbocycles. The number of nitrogens with zero attached hydrogens (tertiary/aromatic N) is 4. The summed E-state index contributed by atoms with van der Waals surface area (Å²) in [6.45, 7) is 2.02. The average molecular weight is 448 g/mol. The monoisotopic (exact) mass is 448 g/mol. The smallest absolute Gasteiger partial charge is 0.352 e. The van der Waals surface area contributed by atoms with E-state index < -0.39 is 44.0 Å². The molecule has 2 aromatic rings. The van der Waals surface area contributed by atoms with E-state index in [4.69, 9.17) is 0 Å². The number of aryl methyl sites for hydroxylation is 1. The van der Waals surface area contributed by atoms with Crippen molar-refractivity contribution >= 4 is 21.3 Å². The summed E-state index contributed by atoms with van der Waals surface area (Å²) >= 11 is 0. The number of alkyl halides is 3. The molecule has 0 unspecified atom stereocenters. The normalized spacial score (nSPS) is 11.9. The van der Waals surface area contributed by atoms with Crippen molar-refractivity contribution in [3.8, 4) is 17.7 Å². The second-order valence-electron chi connectivity index (χ2n) is 6.35. The van der Waals surface area contributed by atoms with Crippen molar-refractivity contribution in [2.75, 3.05) is 0 Å². The molecule has 13 heteroatoms. The summed E-state index contributed by atoms with van der Waals surface area (Å²) in [6.07, 6.45) is 3.98. The molecule has 30 heavy (non-hydrogen) atoms. The molecule has 0 N–H and O–H groups in total. The SMILES string of the molecule is CCCCCCC#Cc1nc2c(nc1OS(=O)(=O)C(F)(F)F)c(=O)n(C)c(=O)n2C. The summed E-state index contributed by atoms with van der Waals surface area (Å²) in [4.78, 5) is 31.8. The molecule has 2 aromatic heterocycles. The van der Waals surface area contributed by atoms with Crippen molar-refractivity contribution in [3.63, 3.8) is 0 Å². The molecule has 2 heterocycles. The maximum Gasteiger partial charge on any atom is 0.534 e. The van der Waals surface area contributed by atoms with E-state index in [0.29, 0.717) is 11.0 Å². The highest BCUT2D eigenvalue weighted by molar-refractivity contribution is 7.87. The van der Waals surface area contributed by atoms with Crippen molar-refractivity contribution in [1.29, 1.82) is 0 Å². The van der Waals surface area contributed by atoms with Crippen LogP contribution in [0.25, 0.3) is 11.2 Å². The third-order valence-corrected chi connectivity index (χ3v) is 5.02. The number of unbranched alkanes of at least 4 members (excludes halogenated alkanes) is 4. The summed E-state index contributed by atoms with van der Waals surface area (Å²) < 4.78 is 66.8. The molecule has 2 rings (SSSR count). The zero-order valence-corrected chi connectivity index (χ0v) is 17.2. The second-order valence-corrected chi connectivity index (χ2v) is 7.89. The molecule has 0 aliphatic rings. The molecule has 0 aromatic carbocycles. The Balaban J connectivity index is 2.65. The Morgan fingerprint density at radius 1 is 1.07 bits per heavy atom. The first-order valence-electron chi connectivity index (χ1n) is 8.88. The first kappa shape index (κ1) is 23.4. The van der Waals surface area contributed by atoms with Crippen LogP contribution >= 0.6 is 0 Å². The van der Waals surface area contributed by atoms with Crippen LogP contribution in [0.1, 0.15) is 44.7 Å². The molecule has 0 amide bonds. The maximum absolute atomic E-state index is 12.7. The van der Waals surface area contributed by atoms with Crippen LogP contribution in [0.5, 0.6) is 5.88 Å². The number of fused-ring (bicyclic) bond motifs is 1. The van der Waals surface area contributed by atoms with Crippen LogP contribution in [0.2, 0.25) is 0 Å². The number of hydrogen-bond acceptors (Lipinski definition) is 7. The first-order chi connectivity index (χ1) is 13.9. The lowest BCUT2D eigenvalue weighted by molar-refractivity contribution is -0.0501. The summed E-state index contributed by atoms with van der Waals surface area (Å²) in [5.41, 5.74) is -8.79. The Morgan fingerprint density at radius 3 is 2.33 bits per heavy atom. The van der Waals surface area contributed by atoms with E-state index in [2.05, 4.69) is 26.0 Å². The van der Waals surface area contributed by atoms with Gasteiger partial charge in [-0.25, -0.2) is 14.8 Å². The largest absolute Gasteiger partial charge is 0.534 e. The van der Waals surface area contributed by atoms with Gasteiger partial charge in [-0.2, -0.15) is 21.6 Å². The van der Waals surface area contributed by atoms with Crippen LogP contribution in [0.15, 0.2) is 9.59 Å². The predicted molar refractivity (Wildman–Crippen MR) is 101 cm³/mol. The van der Waals surface area contributed by atoms with Gasteiger partial charge in [0.2, 0.25) is 0 Å². The highest BCUT2D eigenvalue weighted by Gasteiger charge is 2.49. The molecule has 0 fully saturated rings. The molecule has 0 atom stereocenters. The number of hydrogen-bond donors (Lipinski definition) is 0. The molecule has 0 bridgehead atoms. The molecule has 0 saturated heterocycles. The Morgan fingerprint density at radius 2 is 1.73 bits per heavy atom. The standard InChI is InChI=1S/C17H19F3N4O5S/c1-4-5-6-7-8-9-10-11-14(29-30(27,28)17(18,19)20)22-12-13(21-11)23(2)16(26)24(3)15(12)25/h4-8H2,1-3H3. The predicted octanol–water partition coefficient (Wildman–Crippen LogP) is 1.58. The van der Waals surface area contributed by atoms with E-state index >= 15 is 0 Å². The topological polar surface area (TPSA) is 113 Å². The Labute approximate surface area is 169 Å². The van der Waals surface area contributed by atoms with Crippen molar-refractivity contribution < 1.29 is 25.8 Å². The zero-order chi connectivity index (χ0) is 22.7. The molecular formula is C17H19F3N4O5S. The molecule has 0 aliphatic carbocycles. The van der Waals surface area contributed by atoms with Crippen molar-refractivity contribution in [1.82, 2.24) is 19.1 Å². The molecule has 0 spiro atoms. The van der Waals surface area contributed by atoms with Gasteiger partial charge in [0.05, 0.1) is 0 Å². The van der Waals surface area contributed by atoms with Crippen LogP contribution < -0.4 is 15.4 Å². The minimum absolute atomic E-state index is 0.268. The summed E-state index contributed by atoms with van der Waals surface area (Å²) in [5, 5.41) is 0. The fourth-order valence-corrected chi connectivity index (χ4v) is 2.85. The van der Waals surface area contributed by atoms with Crippen LogP contribution in [0, 0.1) is 11.8 Å². The van der Waals surface area contributed by atoms with Gasteiger partial charge >= 0.3 is 21.3 Å². The van der Waals surface area contributed by atoms with E-state index in [1.165, 1.54) is 7.05 Å². The first-order valence-corrected chi connectivity index (χ1v) is 10.3. The third-order valence-electron chi connectivity index (χ3n) is 4.08. The number of halogens is 3. The van der Waals surface area contributed by atoms with Crippen LogP contribution in [0.3, 0.4) is 0 Å². The van der Waals surface area contributed by atoms with Gasteiger partial charge in [0.15, 0.2) is 16.9 Å². The minimum Gasteiger partial charge on any atom is -0.352 e. The Bertz CT molecular complexity index is 1240. The minimum atomic E-state index is -6.07. The van der Waals surface area contributed by atoms with Crippen molar-refractivity contribution in [3.05, 3.63) is 26.5 Å². The van der Waals surface area contributed by atoms with E-state index in [1.807, 2.05) is 6.92 Å². The summed E-state index contributed by atoms with van der Waals surface area (Å²) in [7, 11) is -3.67. The van der Waals surface area contributed by atoms with E-state index in [-0.39, 0.29) is 5.65 Å². The zero-order valence-electron chi connectivity index (χ0n) is 16.4. The van der Waals surface area contributed by atoms with Crippen molar-refractivity contribution in [2.45, 2.75) is 44.5 Å². The Kier molecular flexibility index (Phi) is 6.91. The lowest BCUT2D eigenvalue weighted by Gasteiger charge is -2.11. The molecule has 0 radical (unpaired) electrons. The average Bonchev–Trinajstić information content (AvgIpc) is 2.66. The maximum atomic E-state index is 12.7. The lowest BCUT2D eigenvalue weighted by atomic mass is 10.1. The van der Waals surface area contributed by atoms with Crippen LogP contribution in [-0.2, 0) is 24.2 Å². The Hall–Kier alpha value is -2.88. The highest BCUT2D eigenvalue weighted by Crippen LogP contribution is 2.27. The van der Waals surface area contributed by atoms with Crippen LogP contribution in [0.4, 0.5) is 13.2 Å². The van der Waals surface area contributed by atoms with E-state index in [0.717, 1.165) is 37.3 Å². The highest BCUT2D eigenvalue weighted by atomic mass is 32.2. The number of aromatic nitrogens is 4. The van der Waals surface area contributed by atoms with Gasteiger partial charge in [-0.15, -0.1) is 0 Å². The van der Waals surface area contributed by atoms with Crippen LogP contribution in [-0.4, -0.2) is 33.0 Å². The van der Waals surface area contributed by atoms with Gasteiger partial charge in [-0.1, -0.05) is 32.1 Å². The molecular weight excluding hydrogens is 429 g/mol. The molecule has 9 nitrogen and oxygen atoms in total. The van der Waals surface area contributed by atoms with Gasteiger partial charge in [0.1, 0.15) is 0 Å². The fraction of sp³-hybridized carbons (Fsp3) is 0.529.